The monoisotopic (exact) mass is 274 g/mol. The summed E-state index contributed by atoms with van der Waals surface area (Å²) in [4.78, 5) is 36.6. The van der Waals surface area contributed by atoms with E-state index in [1.807, 2.05) is 19.0 Å². The number of rotatable bonds is 8. The summed E-state index contributed by atoms with van der Waals surface area (Å²) in [5, 5.41) is 11.1. The Labute approximate surface area is 112 Å². The van der Waals surface area contributed by atoms with Crippen molar-refractivity contribution in [3.63, 3.8) is 0 Å². The zero-order valence-corrected chi connectivity index (χ0v) is 11.5. The van der Waals surface area contributed by atoms with Crippen LogP contribution in [0.15, 0.2) is 0 Å². The van der Waals surface area contributed by atoms with Crippen molar-refractivity contribution in [3.8, 4) is 0 Å². The molecule has 0 aromatic carbocycles. The summed E-state index contributed by atoms with van der Waals surface area (Å²) >= 11 is 0. The Morgan fingerprint density at radius 1 is 1.21 bits per heavy atom. The number of nitrogens with two attached hydrogens (primary N) is 1. The maximum atomic E-state index is 11.7. The van der Waals surface area contributed by atoms with Gasteiger partial charge in [-0.2, -0.15) is 0 Å². The van der Waals surface area contributed by atoms with Crippen LogP contribution in [0.5, 0.6) is 0 Å². The highest BCUT2D eigenvalue weighted by Gasteiger charge is 2.23. The van der Waals surface area contributed by atoms with E-state index in [-0.39, 0.29) is 0 Å². The first kappa shape index (κ1) is 17.2. The summed E-state index contributed by atoms with van der Waals surface area (Å²) in [6, 6.07) is -1.83. The number of carboxylic acid groups (broad SMARTS) is 1. The first-order chi connectivity index (χ1) is 8.73. The lowest BCUT2D eigenvalue weighted by Gasteiger charge is -2.21. The molecule has 0 aromatic heterocycles. The topological polar surface area (TPSA) is 116 Å². The number of aliphatic carboxylic acids is 1. The fraction of sp³-hybridized carbons (Fsp3) is 0.727. The van der Waals surface area contributed by atoms with E-state index in [4.69, 9.17) is 10.8 Å². The highest BCUT2D eigenvalue weighted by atomic mass is 16.4. The van der Waals surface area contributed by atoms with E-state index < -0.39 is 30.4 Å². The Balaban J connectivity index is 4.23. The number of primary amides is 1. The Morgan fingerprint density at radius 3 is 2.21 bits per heavy atom. The van der Waals surface area contributed by atoms with Crippen LogP contribution in [0.3, 0.4) is 0 Å². The van der Waals surface area contributed by atoms with Crippen LogP contribution in [-0.2, 0) is 9.59 Å². The molecule has 0 unspecified atom stereocenters. The maximum Gasteiger partial charge on any atom is 0.326 e. The molecule has 8 nitrogen and oxygen atoms in total. The minimum absolute atomic E-state index is 0.424. The van der Waals surface area contributed by atoms with E-state index in [1.54, 1.807) is 7.05 Å². The van der Waals surface area contributed by atoms with Crippen molar-refractivity contribution in [3.05, 3.63) is 0 Å². The summed E-state index contributed by atoms with van der Waals surface area (Å²) in [5.41, 5.74) is 4.92. The third-order valence-corrected chi connectivity index (χ3v) is 2.45. The van der Waals surface area contributed by atoms with Crippen LogP contribution in [0.2, 0.25) is 0 Å². The first-order valence-electron chi connectivity index (χ1n) is 5.91. The van der Waals surface area contributed by atoms with Gasteiger partial charge in [-0.25, -0.2) is 9.59 Å². The van der Waals surface area contributed by atoms with Gasteiger partial charge in [0.15, 0.2) is 0 Å². The van der Waals surface area contributed by atoms with Gasteiger partial charge in [0.2, 0.25) is 5.91 Å². The molecule has 0 fully saturated rings. The normalized spacial score (nSPS) is 12.0. The highest BCUT2D eigenvalue weighted by Crippen LogP contribution is 1.96. The van der Waals surface area contributed by atoms with Crippen molar-refractivity contribution in [2.75, 3.05) is 34.2 Å². The van der Waals surface area contributed by atoms with Gasteiger partial charge in [0, 0.05) is 13.6 Å². The molecule has 0 heterocycles. The molecule has 0 bridgehead atoms. The number of carboxylic acids is 1. The predicted octanol–water partition coefficient (Wildman–Crippen LogP) is -1.09. The second-order valence-electron chi connectivity index (χ2n) is 4.59. The van der Waals surface area contributed by atoms with E-state index in [9.17, 15) is 14.4 Å². The van der Waals surface area contributed by atoms with Crippen LogP contribution in [0.4, 0.5) is 4.79 Å². The molecule has 0 rings (SSSR count). The molecule has 0 radical (unpaired) electrons. The summed E-state index contributed by atoms with van der Waals surface area (Å²) in [6.45, 7) is 1.31. The third-order valence-electron chi connectivity index (χ3n) is 2.45. The lowest BCUT2D eigenvalue weighted by atomic mass is 10.2. The number of hydrogen-bond acceptors (Lipinski definition) is 4. The molecule has 0 aliphatic heterocycles. The molecule has 0 aromatic rings. The smallest absolute Gasteiger partial charge is 0.326 e. The number of carbonyl (C=O) groups excluding carboxylic acids is 2. The van der Waals surface area contributed by atoms with Crippen LogP contribution < -0.4 is 11.1 Å². The average Bonchev–Trinajstić information content (AvgIpc) is 2.26. The molecule has 110 valence electrons. The highest BCUT2D eigenvalue weighted by molar-refractivity contribution is 5.87. The SMILES string of the molecule is CN(C)CCCN(C)C(=O)N[C@H](CC(N)=O)C(=O)O. The Hall–Kier alpha value is -1.83. The molecule has 19 heavy (non-hydrogen) atoms. The van der Waals surface area contributed by atoms with Crippen molar-refractivity contribution in [1.29, 1.82) is 0 Å². The van der Waals surface area contributed by atoms with Gasteiger partial charge in [0.25, 0.3) is 0 Å². The number of nitrogens with one attached hydrogen (secondary N) is 1. The molecule has 0 aliphatic carbocycles. The summed E-state index contributed by atoms with van der Waals surface area (Å²) in [7, 11) is 5.41. The first-order valence-corrected chi connectivity index (χ1v) is 5.91. The second-order valence-corrected chi connectivity index (χ2v) is 4.59. The molecule has 0 saturated carbocycles. The fourth-order valence-electron chi connectivity index (χ4n) is 1.39. The molecule has 0 spiro atoms. The minimum Gasteiger partial charge on any atom is -0.480 e. The molecular formula is C11H22N4O4. The number of carbonyl (C=O) groups is 3. The standard InChI is InChI=1S/C11H22N4O4/c1-14(2)5-4-6-15(3)11(19)13-8(10(17)18)7-9(12)16/h8H,4-7H2,1-3H3,(H2,12,16)(H,13,19)(H,17,18)/t8-/m1/s1. The van der Waals surface area contributed by atoms with E-state index >= 15 is 0 Å². The van der Waals surface area contributed by atoms with Crippen molar-refractivity contribution in [1.82, 2.24) is 15.1 Å². The zero-order chi connectivity index (χ0) is 15.0. The molecule has 3 amide bonds. The number of hydrogen-bond donors (Lipinski definition) is 3. The van der Waals surface area contributed by atoms with Gasteiger partial charge in [-0.3, -0.25) is 4.79 Å². The third kappa shape index (κ3) is 7.98. The van der Waals surface area contributed by atoms with Crippen molar-refractivity contribution >= 4 is 17.9 Å². The van der Waals surface area contributed by atoms with Crippen LogP contribution in [0, 0.1) is 0 Å². The largest absolute Gasteiger partial charge is 0.480 e. The molecular weight excluding hydrogens is 252 g/mol. The second kappa shape index (κ2) is 8.30. The van der Waals surface area contributed by atoms with Crippen LogP contribution in [0.25, 0.3) is 0 Å². The zero-order valence-electron chi connectivity index (χ0n) is 11.5. The molecule has 0 saturated heterocycles. The van der Waals surface area contributed by atoms with Gasteiger partial charge in [-0.05, 0) is 27.1 Å². The van der Waals surface area contributed by atoms with Crippen LogP contribution in [0.1, 0.15) is 12.8 Å². The Morgan fingerprint density at radius 2 is 1.79 bits per heavy atom. The van der Waals surface area contributed by atoms with Gasteiger partial charge < -0.3 is 26.0 Å². The summed E-state index contributed by atoms with van der Waals surface area (Å²) in [6.07, 6.45) is 0.344. The minimum atomic E-state index is -1.29. The van der Waals surface area contributed by atoms with Gasteiger partial charge in [-0.15, -0.1) is 0 Å². The Kier molecular flexibility index (Phi) is 7.50. The van der Waals surface area contributed by atoms with Gasteiger partial charge in [0.1, 0.15) is 6.04 Å². The molecule has 4 N–H and O–H groups in total. The van der Waals surface area contributed by atoms with Gasteiger partial charge in [-0.1, -0.05) is 0 Å². The van der Waals surface area contributed by atoms with Gasteiger partial charge in [0.05, 0.1) is 6.42 Å². The van der Waals surface area contributed by atoms with E-state index in [0.717, 1.165) is 13.0 Å². The van der Waals surface area contributed by atoms with Crippen LogP contribution in [-0.4, -0.2) is 73.1 Å². The van der Waals surface area contributed by atoms with Crippen molar-refractivity contribution in [2.24, 2.45) is 5.73 Å². The fourth-order valence-corrected chi connectivity index (χ4v) is 1.39. The lowest BCUT2D eigenvalue weighted by molar-refractivity contribution is -0.140. The number of amides is 3. The number of urea groups is 1. The summed E-state index contributed by atoms with van der Waals surface area (Å²) in [5.74, 6) is -2.06. The predicted molar refractivity (Wildman–Crippen MR) is 69.6 cm³/mol. The van der Waals surface area contributed by atoms with E-state index in [1.165, 1.54) is 4.90 Å². The van der Waals surface area contributed by atoms with Crippen molar-refractivity contribution < 1.29 is 19.5 Å². The van der Waals surface area contributed by atoms with Crippen LogP contribution >= 0.6 is 0 Å². The van der Waals surface area contributed by atoms with Gasteiger partial charge >= 0.3 is 12.0 Å². The Bertz CT molecular complexity index is 333. The quantitative estimate of drug-likeness (QED) is 0.520. The maximum absolute atomic E-state index is 11.7. The lowest BCUT2D eigenvalue weighted by Crippen LogP contribution is -2.48. The molecule has 0 aliphatic rings. The summed E-state index contributed by atoms with van der Waals surface area (Å²) < 4.78 is 0. The number of nitrogens with zero attached hydrogens (tertiary/aromatic N) is 2. The molecule has 8 heteroatoms. The van der Waals surface area contributed by atoms with Crippen molar-refractivity contribution in [2.45, 2.75) is 18.9 Å². The van der Waals surface area contributed by atoms with E-state index in [2.05, 4.69) is 5.32 Å². The molecule has 1 atom stereocenters. The van der Waals surface area contributed by atoms with E-state index in [0.29, 0.717) is 6.54 Å². The average molecular weight is 274 g/mol.